The molecule has 0 fully saturated rings. The van der Waals surface area contributed by atoms with Crippen molar-refractivity contribution in [1.82, 2.24) is 14.9 Å². The van der Waals surface area contributed by atoms with E-state index in [1.54, 1.807) is 17.3 Å². The molecule has 23 heavy (non-hydrogen) atoms. The summed E-state index contributed by atoms with van der Waals surface area (Å²) in [5.41, 5.74) is 1.63. The van der Waals surface area contributed by atoms with Gasteiger partial charge < -0.3 is 10.2 Å². The van der Waals surface area contributed by atoms with Crippen molar-refractivity contribution < 1.29 is 4.79 Å². The monoisotopic (exact) mass is 312 g/mol. The number of rotatable bonds is 8. The Morgan fingerprint density at radius 3 is 2.43 bits per heavy atom. The van der Waals surface area contributed by atoms with E-state index in [0.29, 0.717) is 24.6 Å². The van der Waals surface area contributed by atoms with Crippen molar-refractivity contribution in [2.45, 2.75) is 33.2 Å². The lowest BCUT2D eigenvalue weighted by Gasteiger charge is -2.20. The van der Waals surface area contributed by atoms with Crippen LogP contribution in [0, 0.1) is 0 Å². The smallest absolute Gasteiger partial charge is 0.257 e. The van der Waals surface area contributed by atoms with E-state index in [1.807, 2.05) is 37.3 Å². The van der Waals surface area contributed by atoms with Crippen molar-refractivity contribution >= 4 is 11.9 Å². The number of amides is 1. The SMILES string of the molecule is CCCCNc1ncc(C(=O)N(CC)Cc2ccccc2)cn1. The van der Waals surface area contributed by atoms with Crippen molar-refractivity contribution in [1.29, 1.82) is 0 Å². The van der Waals surface area contributed by atoms with E-state index in [2.05, 4.69) is 22.2 Å². The van der Waals surface area contributed by atoms with Crippen LogP contribution in [0.4, 0.5) is 5.95 Å². The first-order valence-electron chi connectivity index (χ1n) is 8.13. The van der Waals surface area contributed by atoms with E-state index in [4.69, 9.17) is 0 Å². The van der Waals surface area contributed by atoms with Crippen molar-refractivity contribution in [2.75, 3.05) is 18.4 Å². The number of unbranched alkanes of at least 4 members (excludes halogenated alkanes) is 1. The highest BCUT2D eigenvalue weighted by molar-refractivity contribution is 5.93. The maximum absolute atomic E-state index is 12.6. The highest BCUT2D eigenvalue weighted by atomic mass is 16.2. The van der Waals surface area contributed by atoms with Gasteiger partial charge in [0.2, 0.25) is 5.95 Å². The summed E-state index contributed by atoms with van der Waals surface area (Å²) >= 11 is 0. The molecule has 0 atom stereocenters. The minimum absolute atomic E-state index is 0.0449. The fourth-order valence-corrected chi connectivity index (χ4v) is 2.22. The minimum Gasteiger partial charge on any atom is -0.354 e. The maximum Gasteiger partial charge on any atom is 0.257 e. The van der Waals surface area contributed by atoms with Gasteiger partial charge >= 0.3 is 0 Å². The first-order valence-corrected chi connectivity index (χ1v) is 8.13. The van der Waals surface area contributed by atoms with Gasteiger partial charge in [0.1, 0.15) is 0 Å². The number of benzene rings is 1. The molecule has 0 unspecified atom stereocenters. The average molecular weight is 312 g/mol. The summed E-state index contributed by atoms with van der Waals surface area (Å²) in [7, 11) is 0. The van der Waals surface area contributed by atoms with E-state index in [9.17, 15) is 4.79 Å². The maximum atomic E-state index is 12.6. The van der Waals surface area contributed by atoms with Crippen LogP contribution in [0.3, 0.4) is 0 Å². The largest absolute Gasteiger partial charge is 0.354 e. The Morgan fingerprint density at radius 1 is 1.13 bits per heavy atom. The van der Waals surface area contributed by atoms with Gasteiger partial charge in [-0.2, -0.15) is 0 Å². The fourth-order valence-electron chi connectivity index (χ4n) is 2.22. The quantitative estimate of drug-likeness (QED) is 0.759. The zero-order valence-corrected chi connectivity index (χ0v) is 13.8. The van der Waals surface area contributed by atoms with Crippen molar-refractivity contribution in [2.24, 2.45) is 0 Å². The van der Waals surface area contributed by atoms with Crippen LogP contribution in [0.1, 0.15) is 42.6 Å². The Bertz CT molecular complexity index is 598. The predicted octanol–water partition coefficient (Wildman–Crippen LogP) is 3.35. The van der Waals surface area contributed by atoms with Gasteiger partial charge in [-0.15, -0.1) is 0 Å². The summed E-state index contributed by atoms with van der Waals surface area (Å²) in [5, 5.41) is 3.15. The highest BCUT2D eigenvalue weighted by Crippen LogP contribution is 2.10. The van der Waals surface area contributed by atoms with Crippen LogP contribution >= 0.6 is 0 Å². The average Bonchev–Trinajstić information content (AvgIpc) is 2.61. The second-order valence-corrected chi connectivity index (χ2v) is 5.38. The summed E-state index contributed by atoms with van der Waals surface area (Å²) in [6, 6.07) is 9.97. The molecule has 1 aromatic carbocycles. The highest BCUT2D eigenvalue weighted by Gasteiger charge is 2.15. The molecule has 0 aliphatic heterocycles. The fraction of sp³-hybridized carbons (Fsp3) is 0.389. The van der Waals surface area contributed by atoms with Gasteiger partial charge in [0, 0.05) is 32.0 Å². The molecule has 0 bridgehead atoms. The molecule has 5 nitrogen and oxygen atoms in total. The molecule has 1 heterocycles. The second kappa shape index (κ2) is 8.88. The lowest BCUT2D eigenvalue weighted by Crippen LogP contribution is -2.30. The lowest BCUT2D eigenvalue weighted by molar-refractivity contribution is 0.0752. The molecular formula is C18H24N4O. The van der Waals surface area contributed by atoms with Crippen molar-refractivity contribution in [3.05, 3.63) is 53.9 Å². The van der Waals surface area contributed by atoms with Crippen LogP contribution in [-0.4, -0.2) is 33.9 Å². The molecule has 2 rings (SSSR count). The normalized spacial score (nSPS) is 10.3. The van der Waals surface area contributed by atoms with Crippen LogP contribution in [0.15, 0.2) is 42.7 Å². The molecule has 0 aliphatic rings. The van der Waals surface area contributed by atoms with Crippen LogP contribution in [0.5, 0.6) is 0 Å². The van der Waals surface area contributed by atoms with Gasteiger partial charge in [-0.3, -0.25) is 4.79 Å². The van der Waals surface area contributed by atoms with Gasteiger partial charge in [-0.25, -0.2) is 9.97 Å². The zero-order valence-electron chi connectivity index (χ0n) is 13.8. The van der Waals surface area contributed by atoms with E-state index in [1.165, 1.54) is 0 Å². The first kappa shape index (κ1) is 16.9. The van der Waals surface area contributed by atoms with Gasteiger partial charge in [0.25, 0.3) is 5.91 Å². The Kier molecular flexibility index (Phi) is 6.54. The molecule has 0 radical (unpaired) electrons. The number of nitrogens with one attached hydrogen (secondary N) is 1. The number of carbonyl (C=O) groups is 1. The molecule has 0 saturated heterocycles. The third kappa shape index (κ3) is 5.06. The van der Waals surface area contributed by atoms with Crippen LogP contribution in [-0.2, 0) is 6.54 Å². The Labute approximate surface area is 137 Å². The van der Waals surface area contributed by atoms with Crippen molar-refractivity contribution in [3.63, 3.8) is 0 Å². The molecule has 2 aromatic rings. The Hall–Kier alpha value is -2.43. The molecule has 0 aliphatic carbocycles. The summed E-state index contributed by atoms with van der Waals surface area (Å²) in [6.45, 7) is 6.19. The van der Waals surface area contributed by atoms with E-state index in [0.717, 1.165) is 24.9 Å². The number of hydrogen-bond acceptors (Lipinski definition) is 4. The molecule has 1 aromatic heterocycles. The Morgan fingerprint density at radius 2 is 1.83 bits per heavy atom. The molecule has 5 heteroatoms. The number of aromatic nitrogens is 2. The molecule has 1 N–H and O–H groups in total. The van der Waals surface area contributed by atoms with Gasteiger partial charge in [0.05, 0.1) is 5.56 Å². The Balaban J connectivity index is 2.00. The summed E-state index contributed by atoms with van der Waals surface area (Å²) in [5.74, 6) is 0.526. The number of anilines is 1. The lowest BCUT2D eigenvalue weighted by atomic mass is 10.2. The third-order valence-electron chi connectivity index (χ3n) is 3.60. The van der Waals surface area contributed by atoms with Crippen LogP contribution in [0.25, 0.3) is 0 Å². The van der Waals surface area contributed by atoms with Gasteiger partial charge in [-0.05, 0) is 18.9 Å². The summed E-state index contributed by atoms with van der Waals surface area (Å²) < 4.78 is 0. The number of hydrogen-bond donors (Lipinski definition) is 1. The standard InChI is InChI=1S/C18H24N4O/c1-3-5-11-19-18-20-12-16(13-21-18)17(23)22(4-2)14-15-9-7-6-8-10-15/h6-10,12-13H,3-5,11,14H2,1-2H3,(H,19,20,21). The molecule has 122 valence electrons. The zero-order chi connectivity index (χ0) is 16.5. The van der Waals surface area contributed by atoms with Gasteiger partial charge in [-0.1, -0.05) is 43.7 Å². The molecular weight excluding hydrogens is 288 g/mol. The predicted molar refractivity (Wildman–Crippen MR) is 92.3 cm³/mol. The van der Waals surface area contributed by atoms with Crippen molar-refractivity contribution in [3.8, 4) is 0 Å². The molecule has 0 spiro atoms. The first-order chi connectivity index (χ1) is 11.2. The van der Waals surface area contributed by atoms with E-state index < -0.39 is 0 Å². The van der Waals surface area contributed by atoms with Crippen LogP contribution < -0.4 is 5.32 Å². The second-order valence-electron chi connectivity index (χ2n) is 5.38. The number of carbonyl (C=O) groups excluding carboxylic acids is 1. The van der Waals surface area contributed by atoms with Gasteiger partial charge in [0.15, 0.2) is 0 Å². The molecule has 0 saturated carbocycles. The van der Waals surface area contributed by atoms with E-state index >= 15 is 0 Å². The summed E-state index contributed by atoms with van der Waals surface area (Å²) in [6.07, 6.45) is 5.38. The topological polar surface area (TPSA) is 58.1 Å². The molecule has 1 amide bonds. The summed E-state index contributed by atoms with van der Waals surface area (Å²) in [4.78, 5) is 22.8. The minimum atomic E-state index is -0.0449. The van der Waals surface area contributed by atoms with Crippen LogP contribution in [0.2, 0.25) is 0 Å². The number of nitrogens with zero attached hydrogens (tertiary/aromatic N) is 3. The third-order valence-corrected chi connectivity index (χ3v) is 3.60. The van der Waals surface area contributed by atoms with E-state index in [-0.39, 0.29) is 5.91 Å².